The summed E-state index contributed by atoms with van der Waals surface area (Å²) >= 11 is 0. The van der Waals surface area contributed by atoms with Crippen LogP contribution in [0.25, 0.3) is 11.1 Å². The molecule has 0 aliphatic carbocycles. The molecule has 2 rings (SSSR count). The number of halogens is 1. The van der Waals surface area contributed by atoms with Crippen molar-refractivity contribution in [2.24, 2.45) is 5.92 Å². The highest BCUT2D eigenvalue weighted by Crippen LogP contribution is 2.26. The maximum absolute atomic E-state index is 13.4. The van der Waals surface area contributed by atoms with Gasteiger partial charge < -0.3 is 9.84 Å². The lowest BCUT2D eigenvalue weighted by molar-refractivity contribution is 0.302. The first-order valence-electron chi connectivity index (χ1n) is 13.6. The Morgan fingerprint density at radius 1 is 0.744 bits per heavy atom. The fourth-order valence-electron chi connectivity index (χ4n) is 3.10. The first-order valence-corrected chi connectivity index (χ1v) is 13.6. The number of benzene rings is 2. The summed E-state index contributed by atoms with van der Waals surface area (Å²) in [7, 11) is 0. The minimum absolute atomic E-state index is 0. The van der Waals surface area contributed by atoms with E-state index in [0.717, 1.165) is 35.8 Å². The Hall–Kier alpha value is -5.99. The maximum atomic E-state index is 13.4. The number of rotatable bonds is 9. The van der Waals surface area contributed by atoms with Gasteiger partial charge in [-0.05, 0) is 149 Å². The molecule has 0 fully saturated rings. The van der Waals surface area contributed by atoms with Crippen LogP contribution in [0.4, 0.5) is 4.39 Å². The topological polar surface area (TPSA) is 29.5 Å². The van der Waals surface area contributed by atoms with Crippen LogP contribution in [0.5, 0.6) is 11.5 Å². The number of terminal acetylenes is 1. The molecule has 1 atom stereocenters. The van der Waals surface area contributed by atoms with Crippen LogP contribution >= 0.6 is 0 Å². The molecule has 0 bridgehead atoms. The van der Waals surface area contributed by atoms with E-state index in [1.165, 1.54) is 37.8 Å². The molecule has 2 aromatic rings. The quantitative estimate of drug-likeness (QED) is 0.238. The SMILES string of the molecule is C#CC#CC#CC#CC#CC#CC#CC#CC#CC.CCC(C)CCCCCOc1ccc(-c2ccc(O)c(F)c2)cc1.[HH].[HH].[HH].[HH].[HH].[HH].[HH].[HH]. The van der Waals surface area contributed by atoms with E-state index < -0.39 is 5.82 Å². The summed E-state index contributed by atoms with van der Waals surface area (Å²) in [6.45, 7) is 6.97. The van der Waals surface area contributed by atoms with Gasteiger partial charge in [-0.15, -0.1) is 6.42 Å². The fraction of sp³-hybridized carbons (Fsp3) is 0.250. The van der Waals surface area contributed by atoms with E-state index in [2.05, 4.69) is 114 Å². The van der Waals surface area contributed by atoms with Gasteiger partial charge in [-0.3, -0.25) is 0 Å². The van der Waals surface area contributed by atoms with Crippen molar-refractivity contribution in [2.45, 2.75) is 52.9 Å². The zero-order chi connectivity index (χ0) is 31.4. The highest BCUT2D eigenvalue weighted by molar-refractivity contribution is 5.65. The Morgan fingerprint density at radius 3 is 1.74 bits per heavy atom. The molecule has 0 saturated heterocycles. The molecular weight excluding hydrogens is 531 g/mol. The van der Waals surface area contributed by atoms with E-state index in [-0.39, 0.29) is 17.2 Å². The number of ether oxygens (including phenoxy) is 1. The number of hydrogen-bond donors (Lipinski definition) is 1. The highest BCUT2D eigenvalue weighted by Gasteiger charge is 2.04. The van der Waals surface area contributed by atoms with Gasteiger partial charge in [0.2, 0.25) is 0 Å². The molecule has 0 amide bonds. The third-order valence-corrected chi connectivity index (χ3v) is 5.51. The van der Waals surface area contributed by atoms with Gasteiger partial charge in [-0.25, -0.2) is 4.39 Å². The van der Waals surface area contributed by atoms with E-state index in [1.54, 1.807) is 13.0 Å². The van der Waals surface area contributed by atoms with Gasteiger partial charge >= 0.3 is 0 Å². The van der Waals surface area contributed by atoms with Crippen molar-refractivity contribution >= 4 is 0 Å². The Morgan fingerprint density at radius 2 is 1.26 bits per heavy atom. The lowest BCUT2D eigenvalue weighted by Crippen LogP contribution is -1.98. The molecule has 1 N–H and O–H groups in total. The van der Waals surface area contributed by atoms with Gasteiger partial charge in [0, 0.05) is 11.4 Å². The Kier molecular flexibility index (Phi) is 19.4. The lowest BCUT2D eigenvalue weighted by Gasteiger charge is -2.09. The summed E-state index contributed by atoms with van der Waals surface area (Å²) in [4.78, 5) is 0. The molecule has 3 heteroatoms. The molecule has 0 aliphatic heterocycles. The molecule has 0 heterocycles. The molecular formula is C40H47FO2. The summed E-state index contributed by atoms with van der Waals surface area (Å²) in [6.07, 6.45) is 11.0. The van der Waals surface area contributed by atoms with Gasteiger partial charge in [0.15, 0.2) is 11.6 Å². The predicted molar refractivity (Wildman–Crippen MR) is 191 cm³/mol. The zero-order valence-corrected chi connectivity index (χ0v) is 24.7. The number of phenols is 1. The molecule has 43 heavy (non-hydrogen) atoms. The second-order valence-electron chi connectivity index (χ2n) is 8.67. The molecule has 1 unspecified atom stereocenters. The monoisotopic (exact) mass is 578 g/mol. The first kappa shape index (κ1) is 35.0. The van der Waals surface area contributed by atoms with E-state index in [0.29, 0.717) is 0 Å². The second-order valence-corrected chi connectivity index (χ2v) is 8.67. The van der Waals surface area contributed by atoms with Crippen molar-refractivity contribution in [1.82, 2.24) is 0 Å². The van der Waals surface area contributed by atoms with E-state index >= 15 is 0 Å². The lowest BCUT2D eigenvalue weighted by atomic mass is 10.0. The molecule has 2 aromatic carbocycles. The highest BCUT2D eigenvalue weighted by atomic mass is 19.1. The molecule has 0 spiro atoms. The van der Waals surface area contributed by atoms with Crippen molar-refractivity contribution < 1.29 is 25.6 Å². The van der Waals surface area contributed by atoms with Crippen LogP contribution in [-0.4, -0.2) is 11.7 Å². The van der Waals surface area contributed by atoms with Crippen molar-refractivity contribution in [3.63, 3.8) is 0 Å². The van der Waals surface area contributed by atoms with Gasteiger partial charge in [0.1, 0.15) is 5.75 Å². The van der Waals surface area contributed by atoms with Crippen LogP contribution in [0.15, 0.2) is 42.5 Å². The molecule has 0 aliphatic rings. The van der Waals surface area contributed by atoms with Crippen LogP contribution in [0.3, 0.4) is 0 Å². The van der Waals surface area contributed by atoms with Crippen molar-refractivity contribution in [3.8, 4) is 130 Å². The van der Waals surface area contributed by atoms with Gasteiger partial charge in [-0.2, -0.15) is 0 Å². The van der Waals surface area contributed by atoms with Crippen LogP contribution in [0.1, 0.15) is 64.3 Å². The number of aromatic hydroxyl groups is 1. The summed E-state index contributed by atoms with van der Waals surface area (Å²) in [5, 5.41) is 9.24. The molecule has 0 radical (unpaired) electrons. The first-order chi connectivity index (χ1) is 21.0. The van der Waals surface area contributed by atoms with Gasteiger partial charge in [0.05, 0.1) is 6.61 Å². The van der Waals surface area contributed by atoms with Crippen LogP contribution in [0.2, 0.25) is 0 Å². The largest absolute Gasteiger partial charge is 0.505 e. The zero-order valence-electron chi connectivity index (χ0n) is 24.7. The van der Waals surface area contributed by atoms with Crippen LogP contribution in [0, 0.1) is 119 Å². The van der Waals surface area contributed by atoms with Crippen LogP contribution < -0.4 is 4.74 Å². The molecule has 226 valence electrons. The molecule has 2 nitrogen and oxygen atoms in total. The van der Waals surface area contributed by atoms with E-state index in [1.807, 2.05) is 24.3 Å². The number of unbranched alkanes of at least 4 members (excludes halogenated alkanes) is 2. The van der Waals surface area contributed by atoms with Crippen molar-refractivity contribution in [1.29, 1.82) is 0 Å². The third kappa shape index (κ3) is 18.1. The fourth-order valence-corrected chi connectivity index (χ4v) is 3.10. The molecule has 0 saturated carbocycles. The van der Waals surface area contributed by atoms with Crippen molar-refractivity contribution in [3.05, 3.63) is 48.3 Å². The second kappa shape index (κ2) is 23.9. The predicted octanol–water partition coefficient (Wildman–Crippen LogP) is 8.82. The average molecular weight is 579 g/mol. The van der Waals surface area contributed by atoms with Gasteiger partial charge in [-0.1, -0.05) is 63.7 Å². The van der Waals surface area contributed by atoms with E-state index in [9.17, 15) is 9.50 Å². The number of phenolic OH excluding ortho intramolecular Hbond substituents is 1. The van der Waals surface area contributed by atoms with Gasteiger partial charge in [0.25, 0.3) is 0 Å². The van der Waals surface area contributed by atoms with Crippen molar-refractivity contribution in [2.75, 3.05) is 6.61 Å². The smallest absolute Gasteiger partial charge is 0.165 e. The standard InChI is InChI=1S/C21H27FO2.C19H4.8H2/c1-3-16(2)7-5-4-6-14-24-19-11-8-17(9-12-19)18-10-13-21(23)20(22)15-18;1-3-5-7-9-11-13-15-17-19-18-16-14-12-10-8-6-4-2;;;;;;;;/h8-13,15-16,23H,3-7,14H2,1-2H3;1H,2H3;8*1H. The Bertz CT molecular complexity index is 1780. The minimum Gasteiger partial charge on any atom is -0.505 e. The maximum Gasteiger partial charge on any atom is 0.165 e. The summed E-state index contributed by atoms with van der Waals surface area (Å²) in [5.74, 6) is 42.6. The van der Waals surface area contributed by atoms with Crippen LogP contribution in [-0.2, 0) is 0 Å². The summed E-state index contributed by atoms with van der Waals surface area (Å²) in [5.41, 5.74) is 1.64. The summed E-state index contributed by atoms with van der Waals surface area (Å²) in [6, 6.07) is 12.0. The number of hydrogen-bond acceptors (Lipinski definition) is 2. The normalized spacial score (nSPS) is 8.44. The molecule has 0 aromatic heterocycles. The Labute approximate surface area is 269 Å². The minimum atomic E-state index is -0.606. The van der Waals surface area contributed by atoms with E-state index in [4.69, 9.17) is 11.2 Å². The Balaban J connectivity index is -0.000000107. The summed E-state index contributed by atoms with van der Waals surface area (Å²) < 4.78 is 19.2. The average Bonchev–Trinajstić information content (AvgIpc) is 3.02. The third-order valence-electron chi connectivity index (χ3n) is 5.51.